The van der Waals surface area contributed by atoms with E-state index in [0.29, 0.717) is 5.75 Å². The predicted octanol–water partition coefficient (Wildman–Crippen LogP) is 2.35. The van der Waals surface area contributed by atoms with E-state index in [0.717, 1.165) is 6.26 Å². The van der Waals surface area contributed by atoms with E-state index < -0.39 is 10.0 Å². The number of benzene rings is 2. The first-order chi connectivity index (χ1) is 11.8. The summed E-state index contributed by atoms with van der Waals surface area (Å²) in [5, 5.41) is 0. The zero-order chi connectivity index (χ0) is 18.4. The van der Waals surface area contributed by atoms with Gasteiger partial charge in [-0.1, -0.05) is 12.1 Å². The van der Waals surface area contributed by atoms with Gasteiger partial charge in [0.25, 0.3) is 5.91 Å². The first kappa shape index (κ1) is 18.7. The molecule has 2 aromatic rings. The Balaban J connectivity index is 1.99. The zero-order valence-corrected chi connectivity index (χ0v) is 14.7. The van der Waals surface area contributed by atoms with Gasteiger partial charge in [-0.3, -0.25) is 9.52 Å². The lowest BCUT2D eigenvalue weighted by Gasteiger charge is -2.19. The molecule has 0 aromatic heterocycles. The Morgan fingerprint density at radius 3 is 2.44 bits per heavy atom. The van der Waals surface area contributed by atoms with Crippen LogP contribution in [0.25, 0.3) is 0 Å². The molecule has 0 heterocycles. The second-order valence-electron chi connectivity index (χ2n) is 5.45. The van der Waals surface area contributed by atoms with Crippen LogP contribution in [-0.2, 0) is 10.0 Å². The lowest BCUT2D eigenvalue weighted by molar-refractivity contribution is 0.0775. The predicted molar refractivity (Wildman–Crippen MR) is 93.8 cm³/mol. The third-order valence-corrected chi connectivity index (χ3v) is 3.90. The number of sulfonamides is 1. The average Bonchev–Trinajstić information content (AvgIpc) is 2.55. The first-order valence-electron chi connectivity index (χ1n) is 7.47. The van der Waals surface area contributed by atoms with Crippen molar-refractivity contribution in [3.8, 4) is 5.75 Å². The summed E-state index contributed by atoms with van der Waals surface area (Å²) < 4.78 is 43.4. The number of carbonyl (C=O) groups is 1. The second kappa shape index (κ2) is 7.98. The standard InChI is InChI=1S/C17H19FN2O4S/c1-20(11-12-24-14-9-7-13(18)8-10-14)17(21)15-5-3-4-6-16(15)19-25(2,22)23/h3-10,19H,11-12H2,1-2H3. The van der Waals surface area contributed by atoms with E-state index in [1.807, 2.05) is 0 Å². The molecule has 6 nitrogen and oxygen atoms in total. The van der Waals surface area contributed by atoms with Gasteiger partial charge in [0, 0.05) is 7.05 Å². The third-order valence-electron chi connectivity index (χ3n) is 3.31. The second-order valence-corrected chi connectivity index (χ2v) is 7.20. The van der Waals surface area contributed by atoms with E-state index in [2.05, 4.69) is 4.72 Å². The highest BCUT2D eigenvalue weighted by molar-refractivity contribution is 7.92. The summed E-state index contributed by atoms with van der Waals surface area (Å²) in [7, 11) is -1.90. The topological polar surface area (TPSA) is 75.7 Å². The molecule has 1 amide bonds. The molecular weight excluding hydrogens is 347 g/mol. The molecule has 8 heteroatoms. The minimum absolute atomic E-state index is 0.218. The number of likely N-dealkylation sites (N-methyl/N-ethyl adjacent to an activating group) is 1. The molecule has 0 aliphatic carbocycles. The van der Waals surface area contributed by atoms with Crippen molar-refractivity contribution in [1.82, 2.24) is 4.90 Å². The van der Waals surface area contributed by atoms with Gasteiger partial charge in [0.05, 0.1) is 24.1 Å². The van der Waals surface area contributed by atoms with Crippen LogP contribution in [-0.4, -0.2) is 45.7 Å². The van der Waals surface area contributed by atoms with E-state index >= 15 is 0 Å². The summed E-state index contributed by atoms with van der Waals surface area (Å²) in [4.78, 5) is 13.9. The van der Waals surface area contributed by atoms with Crippen molar-refractivity contribution >= 4 is 21.6 Å². The van der Waals surface area contributed by atoms with Crippen LogP contribution >= 0.6 is 0 Å². The van der Waals surface area contributed by atoms with Crippen molar-refractivity contribution in [2.24, 2.45) is 0 Å². The van der Waals surface area contributed by atoms with Crippen molar-refractivity contribution in [3.05, 3.63) is 59.9 Å². The Morgan fingerprint density at radius 1 is 1.16 bits per heavy atom. The van der Waals surface area contributed by atoms with Crippen LogP contribution in [0.2, 0.25) is 0 Å². The van der Waals surface area contributed by atoms with Crippen LogP contribution in [0.1, 0.15) is 10.4 Å². The highest BCUT2D eigenvalue weighted by Crippen LogP contribution is 2.18. The lowest BCUT2D eigenvalue weighted by Crippen LogP contribution is -2.31. The van der Waals surface area contributed by atoms with Crippen LogP contribution in [0, 0.1) is 5.82 Å². The molecule has 0 aliphatic heterocycles. The Labute approximate surface area is 146 Å². The van der Waals surface area contributed by atoms with Crippen LogP contribution in [0.3, 0.4) is 0 Å². The molecule has 0 fully saturated rings. The number of nitrogens with zero attached hydrogens (tertiary/aromatic N) is 1. The number of hydrogen-bond donors (Lipinski definition) is 1. The van der Waals surface area contributed by atoms with Gasteiger partial charge in [-0.25, -0.2) is 12.8 Å². The van der Waals surface area contributed by atoms with Gasteiger partial charge in [0.2, 0.25) is 10.0 Å². The number of ether oxygens (including phenoxy) is 1. The fourth-order valence-electron chi connectivity index (χ4n) is 2.10. The molecule has 0 atom stereocenters. The summed E-state index contributed by atoms with van der Waals surface area (Å²) >= 11 is 0. The maximum atomic E-state index is 12.8. The van der Waals surface area contributed by atoms with Crippen LogP contribution in [0.15, 0.2) is 48.5 Å². The molecule has 134 valence electrons. The number of hydrogen-bond acceptors (Lipinski definition) is 4. The number of amides is 1. The van der Waals surface area contributed by atoms with Gasteiger partial charge in [0.1, 0.15) is 18.2 Å². The Hall–Kier alpha value is -2.61. The molecule has 2 aromatic carbocycles. The first-order valence-corrected chi connectivity index (χ1v) is 9.36. The number of nitrogens with one attached hydrogen (secondary N) is 1. The van der Waals surface area contributed by atoms with Crippen molar-refractivity contribution in [2.45, 2.75) is 0 Å². The molecule has 0 bridgehead atoms. The molecule has 0 spiro atoms. The van der Waals surface area contributed by atoms with E-state index in [1.54, 1.807) is 25.2 Å². The third kappa shape index (κ3) is 5.75. The largest absolute Gasteiger partial charge is 0.492 e. The number of carbonyl (C=O) groups excluding carboxylic acids is 1. The smallest absolute Gasteiger partial charge is 0.255 e. The van der Waals surface area contributed by atoms with Crippen molar-refractivity contribution in [2.75, 3.05) is 31.2 Å². The zero-order valence-electron chi connectivity index (χ0n) is 13.9. The molecule has 1 N–H and O–H groups in total. The van der Waals surface area contributed by atoms with Crippen molar-refractivity contribution in [3.63, 3.8) is 0 Å². The molecule has 2 rings (SSSR count). The van der Waals surface area contributed by atoms with Crippen LogP contribution < -0.4 is 9.46 Å². The maximum absolute atomic E-state index is 12.8. The van der Waals surface area contributed by atoms with Gasteiger partial charge in [0.15, 0.2) is 0 Å². The number of rotatable bonds is 7. The maximum Gasteiger partial charge on any atom is 0.255 e. The van der Waals surface area contributed by atoms with E-state index in [9.17, 15) is 17.6 Å². The Morgan fingerprint density at radius 2 is 1.80 bits per heavy atom. The molecule has 0 saturated carbocycles. The van der Waals surface area contributed by atoms with E-state index in [4.69, 9.17) is 4.74 Å². The van der Waals surface area contributed by atoms with Gasteiger partial charge >= 0.3 is 0 Å². The van der Waals surface area contributed by atoms with Crippen LogP contribution in [0.5, 0.6) is 5.75 Å². The normalized spacial score (nSPS) is 11.0. The van der Waals surface area contributed by atoms with Gasteiger partial charge < -0.3 is 9.64 Å². The van der Waals surface area contributed by atoms with Crippen molar-refractivity contribution < 1.29 is 22.3 Å². The average molecular weight is 366 g/mol. The number of para-hydroxylation sites is 1. The summed E-state index contributed by atoms with van der Waals surface area (Å²) in [6.45, 7) is 0.499. The highest BCUT2D eigenvalue weighted by Gasteiger charge is 2.17. The quantitative estimate of drug-likeness (QED) is 0.816. The fourth-order valence-corrected chi connectivity index (χ4v) is 2.67. The number of anilines is 1. The Bertz CT molecular complexity index is 838. The van der Waals surface area contributed by atoms with Gasteiger partial charge in [-0.05, 0) is 36.4 Å². The van der Waals surface area contributed by atoms with E-state index in [-0.39, 0.29) is 36.1 Å². The molecule has 0 unspecified atom stereocenters. The van der Waals surface area contributed by atoms with Gasteiger partial charge in [-0.15, -0.1) is 0 Å². The van der Waals surface area contributed by atoms with E-state index in [1.165, 1.54) is 35.2 Å². The summed E-state index contributed by atoms with van der Waals surface area (Å²) in [6.07, 6.45) is 1.02. The fraction of sp³-hybridized carbons (Fsp3) is 0.235. The molecule has 0 saturated heterocycles. The molecule has 0 radical (unpaired) electrons. The minimum Gasteiger partial charge on any atom is -0.492 e. The monoisotopic (exact) mass is 366 g/mol. The van der Waals surface area contributed by atoms with Crippen LogP contribution in [0.4, 0.5) is 10.1 Å². The summed E-state index contributed by atoms with van der Waals surface area (Å²) in [5.74, 6) is -0.189. The summed E-state index contributed by atoms with van der Waals surface area (Å²) in [5.41, 5.74) is 0.471. The minimum atomic E-state index is -3.49. The molecular formula is C17H19FN2O4S. The SMILES string of the molecule is CN(CCOc1ccc(F)cc1)C(=O)c1ccccc1NS(C)(=O)=O. The highest BCUT2D eigenvalue weighted by atomic mass is 32.2. The van der Waals surface area contributed by atoms with Gasteiger partial charge in [-0.2, -0.15) is 0 Å². The lowest BCUT2D eigenvalue weighted by atomic mass is 10.1. The number of halogens is 1. The van der Waals surface area contributed by atoms with Crippen molar-refractivity contribution in [1.29, 1.82) is 0 Å². The Kier molecular flexibility index (Phi) is 5.97. The summed E-state index contributed by atoms with van der Waals surface area (Å²) in [6, 6.07) is 12.0. The molecule has 25 heavy (non-hydrogen) atoms. The molecule has 0 aliphatic rings.